The molecule has 1 unspecified atom stereocenters. The largest absolute Gasteiger partial charge is 0.497 e. The van der Waals surface area contributed by atoms with E-state index in [-0.39, 0.29) is 17.5 Å². The topological polar surface area (TPSA) is 43.4 Å². The summed E-state index contributed by atoms with van der Waals surface area (Å²) >= 11 is 0. The second kappa shape index (κ2) is 5.87. The lowest BCUT2D eigenvalue weighted by Gasteiger charge is -2.09. The molecule has 20 heavy (non-hydrogen) atoms. The van der Waals surface area contributed by atoms with E-state index in [0.717, 1.165) is 16.5 Å². The van der Waals surface area contributed by atoms with Crippen molar-refractivity contribution in [2.45, 2.75) is 20.3 Å². The third kappa shape index (κ3) is 3.05. The van der Waals surface area contributed by atoms with E-state index in [1.165, 1.54) is 6.92 Å². The number of Topliss-reactive ketones (excluding diaryl/α,β-unsaturated/α-hetero) is 2. The fourth-order valence-corrected chi connectivity index (χ4v) is 2.31. The second-order valence-corrected chi connectivity index (χ2v) is 5.10. The molecule has 2 aromatic carbocycles. The van der Waals surface area contributed by atoms with Gasteiger partial charge >= 0.3 is 0 Å². The van der Waals surface area contributed by atoms with E-state index in [2.05, 4.69) is 0 Å². The number of fused-ring (bicyclic) bond motifs is 1. The summed E-state index contributed by atoms with van der Waals surface area (Å²) in [6.45, 7) is 3.30. The maximum Gasteiger partial charge on any atom is 0.166 e. The zero-order valence-corrected chi connectivity index (χ0v) is 12.0. The molecule has 2 aromatic rings. The van der Waals surface area contributed by atoms with Gasteiger partial charge in [0, 0.05) is 17.9 Å². The van der Waals surface area contributed by atoms with Gasteiger partial charge in [-0.1, -0.05) is 25.1 Å². The highest BCUT2D eigenvalue weighted by Gasteiger charge is 2.17. The van der Waals surface area contributed by atoms with Gasteiger partial charge in [-0.2, -0.15) is 0 Å². The first kappa shape index (κ1) is 14.3. The second-order valence-electron chi connectivity index (χ2n) is 5.10. The van der Waals surface area contributed by atoms with Crippen molar-refractivity contribution in [3.8, 4) is 5.75 Å². The van der Waals surface area contributed by atoms with Crippen molar-refractivity contribution in [3.05, 3.63) is 42.0 Å². The molecule has 0 saturated heterocycles. The Bertz CT molecular complexity index is 658. The summed E-state index contributed by atoms with van der Waals surface area (Å²) in [6.07, 6.45) is 0.291. The Hall–Kier alpha value is -2.16. The Balaban J connectivity index is 2.32. The standard InChI is InChI=1S/C17H18O3/c1-11(8-12(2)18)17(19)15-5-4-14-10-16(20-3)7-6-13(14)9-15/h4-7,9-11H,8H2,1-3H3. The van der Waals surface area contributed by atoms with Crippen molar-refractivity contribution >= 4 is 22.3 Å². The number of carbonyl (C=O) groups is 2. The Morgan fingerprint density at radius 1 is 1.10 bits per heavy atom. The smallest absolute Gasteiger partial charge is 0.166 e. The number of ketones is 2. The Morgan fingerprint density at radius 3 is 2.40 bits per heavy atom. The van der Waals surface area contributed by atoms with Crippen molar-refractivity contribution in [2.75, 3.05) is 7.11 Å². The highest BCUT2D eigenvalue weighted by molar-refractivity contribution is 6.02. The van der Waals surface area contributed by atoms with Gasteiger partial charge in [-0.05, 0) is 35.9 Å². The van der Waals surface area contributed by atoms with Crippen molar-refractivity contribution in [2.24, 2.45) is 5.92 Å². The molecule has 3 nitrogen and oxygen atoms in total. The van der Waals surface area contributed by atoms with Crippen molar-refractivity contribution in [1.82, 2.24) is 0 Å². The van der Waals surface area contributed by atoms with Crippen LogP contribution in [0.2, 0.25) is 0 Å². The first-order chi connectivity index (χ1) is 9.51. The van der Waals surface area contributed by atoms with Gasteiger partial charge in [-0.3, -0.25) is 4.79 Å². The molecule has 0 heterocycles. The molecule has 0 aliphatic carbocycles. The fraction of sp³-hybridized carbons (Fsp3) is 0.294. The quantitative estimate of drug-likeness (QED) is 0.779. The predicted octanol–water partition coefficient (Wildman–Crippen LogP) is 3.65. The summed E-state index contributed by atoms with van der Waals surface area (Å²) in [5.74, 6) is 0.569. The normalized spacial score (nSPS) is 12.2. The number of rotatable bonds is 5. The number of carbonyl (C=O) groups excluding carboxylic acids is 2. The summed E-state index contributed by atoms with van der Waals surface area (Å²) in [5.41, 5.74) is 0.649. The molecule has 2 rings (SSSR count). The molecule has 0 N–H and O–H groups in total. The molecule has 0 aliphatic heterocycles. The van der Waals surface area contributed by atoms with Crippen LogP contribution in [0.3, 0.4) is 0 Å². The molecule has 0 fully saturated rings. The zero-order chi connectivity index (χ0) is 14.7. The van der Waals surface area contributed by atoms with E-state index in [4.69, 9.17) is 4.74 Å². The van der Waals surface area contributed by atoms with Gasteiger partial charge in [0.25, 0.3) is 0 Å². The van der Waals surface area contributed by atoms with Crippen LogP contribution in [0.15, 0.2) is 36.4 Å². The summed E-state index contributed by atoms with van der Waals surface area (Å²) in [7, 11) is 1.63. The molecule has 0 aromatic heterocycles. The Kier molecular flexibility index (Phi) is 4.18. The van der Waals surface area contributed by atoms with E-state index in [1.807, 2.05) is 30.3 Å². The number of hydrogen-bond acceptors (Lipinski definition) is 3. The average molecular weight is 270 g/mol. The number of ether oxygens (including phenoxy) is 1. The van der Waals surface area contributed by atoms with E-state index >= 15 is 0 Å². The van der Waals surface area contributed by atoms with Gasteiger partial charge in [0.15, 0.2) is 5.78 Å². The van der Waals surface area contributed by atoms with Gasteiger partial charge < -0.3 is 9.53 Å². The van der Waals surface area contributed by atoms with Crippen LogP contribution in [-0.2, 0) is 4.79 Å². The first-order valence-corrected chi connectivity index (χ1v) is 6.62. The molecule has 3 heteroatoms. The van der Waals surface area contributed by atoms with Crippen LogP contribution >= 0.6 is 0 Å². The third-order valence-electron chi connectivity index (χ3n) is 3.37. The lowest BCUT2D eigenvalue weighted by atomic mass is 9.93. The maximum absolute atomic E-state index is 12.3. The molecular weight excluding hydrogens is 252 g/mol. The lowest BCUT2D eigenvalue weighted by Crippen LogP contribution is -2.14. The first-order valence-electron chi connectivity index (χ1n) is 6.62. The molecule has 104 valence electrons. The molecule has 0 spiro atoms. The number of methoxy groups -OCH3 is 1. The van der Waals surface area contributed by atoms with Crippen molar-refractivity contribution in [3.63, 3.8) is 0 Å². The van der Waals surface area contributed by atoms with Crippen molar-refractivity contribution in [1.29, 1.82) is 0 Å². The van der Waals surface area contributed by atoms with E-state index in [0.29, 0.717) is 12.0 Å². The number of benzene rings is 2. The van der Waals surface area contributed by atoms with Crippen LogP contribution in [0.4, 0.5) is 0 Å². The summed E-state index contributed by atoms with van der Waals surface area (Å²) in [4.78, 5) is 23.4. The van der Waals surface area contributed by atoms with E-state index in [9.17, 15) is 9.59 Å². The van der Waals surface area contributed by atoms with Gasteiger partial charge in [0.2, 0.25) is 0 Å². The van der Waals surface area contributed by atoms with Crippen LogP contribution in [0.25, 0.3) is 10.8 Å². The molecule has 1 atom stereocenters. The maximum atomic E-state index is 12.3. The average Bonchev–Trinajstić information content (AvgIpc) is 2.44. The Labute approximate surface area is 118 Å². The van der Waals surface area contributed by atoms with Gasteiger partial charge in [0.05, 0.1) is 7.11 Å². The van der Waals surface area contributed by atoms with Gasteiger partial charge in [-0.25, -0.2) is 0 Å². The van der Waals surface area contributed by atoms with Crippen LogP contribution < -0.4 is 4.74 Å². The van der Waals surface area contributed by atoms with Crippen LogP contribution in [-0.4, -0.2) is 18.7 Å². The molecule has 0 amide bonds. The fourth-order valence-electron chi connectivity index (χ4n) is 2.31. The summed E-state index contributed by atoms with van der Waals surface area (Å²) in [5, 5.41) is 2.02. The predicted molar refractivity (Wildman–Crippen MR) is 79.3 cm³/mol. The van der Waals surface area contributed by atoms with Gasteiger partial charge in [-0.15, -0.1) is 0 Å². The lowest BCUT2D eigenvalue weighted by molar-refractivity contribution is -0.117. The molecule has 0 aliphatic rings. The summed E-state index contributed by atoms with van der Waals surface area (Å²) < 4.78 is 5.18. The van der Waals surface area contributed by atoms with Crippen LogP contribution in [0.5, 0.6) is 5.75 Å². The van der Waals surface area contributed by atoms with E-state index in [1.54, 1.807) is 20.1 Å². The highest BCUT2D eigenvalue weighted by atomic mass is 16.5. The molecule has 0 saturated carbocycles. The van der Waals surface area contributed by atoms with Gasteiger partial charge in [0.1, 0.15) is 11.5 Å². The SMILES string of the molecule is COc1ccc2cc(C(=O)C(C)CC(C)=O)ccc2c1. The van der Waals surface area contributed by atoms with Crippen molar-refractivity contribution < 1.29 is 14.3 Å². The Morgan fingerprint density at radius 2 is 1.75 bits per heavy atom. The summed E-state index contributed by atoms with van der Waals surface area (Å²) in [6, 6.07) is 11.3. The monoisotopic (exact) mass is 270 g/mol. The molecule has 0 bridgehead atoms. The third-order valence-corrected chi connectivity index (χ3v) is 3.37. The zero-order valence-electron chi connectivity index (χ0n) is 12.0. The minimum absolute atomic E-state index is 0.0120. The van der Waals surface area contributed by atoms with E-state index < -0.39 is 0 Å². The molecule has 0 radical (unpaired) electrons. The van der Waals surface area contributed by atoms with Crippen LogP contribution in [0.1, 0.15) is 30.6 Å². The van der Waals surface area contributed by atoms with Crippen LogP contribution in [0, 0.1) is 5.92 Å². The minimum Gasteiger partial charge on any atom is -0.497 e. The molecular formula is C17H18O3. The highest BCUT2D eigenvalue weighted by Crippen LogP contribution is 2.23. The number of hydrogen-bond donors (Lipinski definition) is 0. The minimum atomic E-state index is -0.275.